The molecule has 0 radical (unpaired) electrons. The van der Waals surface area contributed by atoms with E-state index in [1.165, 1.54) is 17.8 Å². The average molecular weight is 580 g/mol. The predicted molar refractivity (Wildman–Crippen MR) is 158 cm³/mol. The van der Waals surface area contributed by atoms with Crippen molar-refractivity contribution < 1.29 is 22.6 Å². The van der Waals surface area contributed by atoms with Crippen LogP contribution in [0.4, 0.5) is 24.7 Å². The van der Waals surface area contributed by atoms with Gasteiger partial charge in [-0.15, -0.1) is 0 Å². The van der Waals surface area contributed by atoms with Gasteiger partial charge in [-0.05, 0) is 60.7 Å². The van der Waals surface area contributed by atoms with E-state index in [4.69, 9.17) is 9.47 Å². The molecule has 222 valence electrons. The summed E-state index contributed by atoms with van der Waals surface area (Å²) in [5, 5.41) is 4.02. The molecule has 1 saturated heterocycles. The molecule has 42 heavy (non-hydrogen) atoms. The average Bonchev–Trinajstić information content (AvgIpc) is 2.96. The zero-order valence-corrected chi connectivity index (χ0v) is 24.3. The van der Waals surface area contributed by atoms with E-state index < -0.39 is 11.7 Å². The molecule has 1 aliphatic heterocycles. The molecule has 0 aliphatic carbocycles. The Hall–Kier alpha value is -3.76. The highest BCUT2D eigenvalue weighted by Gasteiger charge is 2.34. The van der Waals surface area contributed by atoms with Crippen LogP contribution in [0.25, 0.3) is 22.2 Å². The highest BCUT2D eigenvalue weighted by molar-refractivity contribution is 5.93. The lowest BCUT2D eigenvalue weighted by molar-refractivity contribution is -0.137. The van der Waals surface area contributed by atoms with E-state index in [2.05, 4.69) is 58.1 Å². The van der Waals surface area contributed by atoms with Crippen molar-refractivity contribution in [3.63, 3.8) is 0 Å². The molecule has 0 saturated carbocycles. The molecule has 4 aromatic rings. The Labute approximate surface area is 244 Å². The van der Waals surface area contributed by atoms with Crippen LogP contribution in [-0.2, 0) is 16.3 Å². The summed E-state index contributed by atoms with van der Waals surface area (Å²) in [5.41, 5.74) is 1.83. The molecule has 2 aromatic carbocycles. The Balaban J connectivity index is 1.48. The fourth-order valence-electron chi connectivity index (χ4n) is 4.89. The van der Waals surface area contributed by atoms with Crippen molar-refractivity contribution >= 4 is 22.4 Å². The predicted octanol–water partition coefficient (Wildman–Crippen LogP) is 7.24. The molecule has 1 fully saturated rings. The quantitative estimate of drug-likeness (QED) is 0.236. The van der Waals surface area contributed by atoms with Crippen molar-refractivity contribution in [2.75, 3.05) is 38.2 Å². The Kier molecular flexibility index (Phi) is 8.65. The van der Waals surface area contributed by atoms with E-state index in [-0.39, 0.29) is 23.2 Å². The van der Waals surface area contributed by atoms with Gasteiger partial charge in [0.1, 0.15) is 11.9 Å². The van der Waals surface area contributed by atoms with Crippen molar-refractivity contribution in [1.82, 2.24) is 19.9 Å². The minimum Gasteiger partial charge on any atom is -0.460 e. The molecule has 1 N–H and O–H groups in total. The number of hydrogen-bond acceptors (Lipinski definition) is 7. The maximum absolute atomic E-state index is 13.8. The van der Waals surface area contributed by atoms with Crippen LogP contribution in [0.15, 0.2) is 60.8 Å². The van der Waals surface area contributed by atoms with Gasteiger partial charge in [-0.3, -0.25) is 9.88 Å². The number of alkyl halides is 3. The van der Waals surface area contributed by atoms with Crippen molar-refractivity contribution in [2.45, 2.75) is 51.8 Å². The van der Waals surface area contributed by atoms with Crippen LogP contribution in [0.1, 0.15) is 45.2 Å². The Morgan fingerprint density at radius 2 is 1.74 bits per heavy atom. The second-order valence-corrected chi connectivity index (χ2v) is 11.6. The molecular formula is C32H36F3N5O2. The van der Waals surface area contributed by atoms with Crippen LogP contribution in [0.2, 0.25) is 0 Å². The third kappa shape index (κ3) is 7.17. The molecule has 10 heteroatoms. The lowest BCUT2D eigenvalue weighted by Crippen LogP contribution is -2.38. The molecule has 0 amide bonds. The minimum atomic E-state index is -4.54. The summed E-state index contributed by atoms with van der Waals surface area (Å²) in [6, 6.07) is 15.5. The summed E-state index contributed by atoms with van der Waals surface area (Å²) < 4.78 is 52.9. The second kappa shape index (κ2) is 12.2. The van der Waals surface area contributed by atoms with Gasteiger partial charge in [0.25, 0.3) is 0 Å². The molecule has 7 nitrogen and oxygen atoms in total. The normalized spacial score (nSPS) is 15.5. The largest absolute Gasteiger partial charge is 0.460 e. The van der Waals surface area contributed by atoms with Gasteiger partial charge in [-0.2, -0.15) is 23.1 Å². The molecule has 0 bridgehead atoms. The summed E-state index contributed by atoms with van der Waals surface area (Å²) in [7, 11) is 0. The summed E-state index contributed by atoms with van der Waals surface area (Å²) in [5.74, 6) is 0.502. The van der Waals surface area contributed by atoms with Gasteiger partial charge in [0.2, 0.25) is 0 Å². The van der Waals surface area contributed by atoms with E-state index in [0.29, 0.717) is 22.3 Å². The molecule has 1 atom stereocenters. The van der Waals surface area contributed by atoms with Gasteiger partial charge in [-0.25, -0.2) is 0 Å². The Morgan fingerprint density at radius 1 is 1.00 bits per heavy atom. The number of pyridine rings is 1. The summed E-state index contributed by atoms with van der Waals surface area (Å²) in [6.07, 6.45) is -2.60. The fourth-order valence-corrected chi connectivity index (χ4v) is 4.89. The van der Waals surface area contributed by atoms with Crippen molar-refractivity contribution in [1.29, 1.82) is 0 Å². The number of aromatic nitrogens is 3. The molecule has 1 aliphatic rings. The zero-order chi connectivity index (χ0) is 29.9. The van der Waals surface area contributed by atoms with Crippen LogP contribution in [0.5, 0.6) is 6.01 Å². The smallest absolute Gasteiger partial charge is 0.418 e. The first-order chi connectivity index (χ1) is 20.0. The third-order valence-corrected chi connectivity index (χ3v) is 7.34. The number of halogens is 3. The number of nitrogens with zero attached hydrogens (tertiary/aromatic N) is 4. The summed E-state index contributed by atoms with van der Waals surface area (Å²) >= 11 is 0. The number of morpholine rings is 1. The molecule has 2 aromatic heterocycles. The number of anilines is 2. The maximum atomic E-state index is 13.8. The summed E-state index contributed by atoms with van der Waals surface area (Å²) in [6.45, 7) is 12.5. The maximum Gasteiger partial charge on any atom is 0.418 e. The topological polar surface area (TPSA) is 72.4 Å². The monoisotopic (exact) mass is 579 g/mol. The van der Waals surface area contributed by atoms with Crippen molar-refractivity contribution in [2.24, 2.45) is 0 Å². The van der Waals surface area contributed by atoms with Crippen LogP contribution in [0, 0.1) is 0 Å². The van der Waals surface area contributed by atoms with E-state index >= 15 is 0 Å². The molecule has 5 rings (SSSR count). The first kappa shape index (κ1) is 29.7. The number of benzene rings is 2. The van der Waals surface area contributed by atoms with Crippen LogP contribution in [-0.4, -0.2) is 58.8 Å². The zero-order valence-electron chi connectivity index (χ0n) is 24.3. The van der Waals surface area contributed by atoms with Crippen LogP contribution < -0.4 is 10.1 Å². The minimum absolute atomic E-state index is 0.00958. The molecule has 0 spiro atoms. The summed E-state index contributed by atoms with van der Waals surface area (Å²) in [4.78, 5) is 15.7. The Morgan fingerprint density at radius 3 is 2.43 bits per heavy atom. The van der Waals surface area contributed by atoms with Crippen molar-refractivity contribution in [3.05, 3.63) is 71.9 Å². The highest BCUT2D eigenvalue weighted by atomic mass is 19.4. The second-order valence-electron chi connectivity index (χ2n) is 11.6. The van der Waals surface area contributed by atoms with Crippen LogP contribution in [0.3, 0.4) is 0 Å². The van der Waals surface area contributed by atoms with Crippen molar-refractivity contribution in [3.8, 4) is 17.3 Å². The number of rotatable bonds is 8. The number of nitrogens with one attached hydrogen (secondary N) is 1. The Bertz CT molecular complexity index is 1510. The van der Waals surface area contributed by atoms with Gasteiger partial charge >= 0.3 is 12.2 Å². The lowest BCUT2D eigenvalue weighted by atomic mass is 9.87. The van der Waals surface area contributed by atoms with E-state index in [1.54, 1.807) is 18.2 Å². The number of ether oxygens (including phenoxy) is 2. The van der Waals surface area contributed by atoms with E-state index in [9.17, 15) is 13.2 Å². The number of fused-ring (bicyclic) bond motifs is 1. The fraction of sp³-hybridized carbons (Fsp3) is 0.406. The van der Waals surface area contributed by atoms with Gasteiger partial charge in [0.15, 0.2) is 0 Å². The molecular weight excluding hydrogens is 543 g/mol. The third-order valence-electron chi connectivity index (χ3n) is 7.34. The molecule has 1 unspecified atom stereocenters. The van der Waals surface area contributed by atoms with Gasteiger partial charge in [-0.1, -0.05) is 39.0 Å². The number of hydrogen-bond donors (Lipinski definition) is 1. The van der Waals surface area contributed by atoms with E-state index in [1.807, 2.05) is 19.1 Å². The lowest BCUT2D eigenvalue weighted by Gasteiger charge is -2.27. The van der Waals surface area contributed by atoms with Gasteiger partial charge in [0, 0.05) is 42.5 Å². The van der Waals surface area contributed by atoms with Crippen LogP contribution >= 0.6 is 0 Å². The standard InChI is InChI=1S/C32H36F3N5O2/c1-21(13-15-40-16-18-41-19-17-40)42-30-38-27-20-22(28-26(32(33,34)35)6-5-14-36-28)7-12-25(27)29(39-30)37-24-10-8-23(9-11-24)31(2,3)4/h5-12,14,20-21H,13,15-19H2,1-4H3,(H,37,38,39). The molecule has 3 heterocycles. The van der Waals surface area contributed by atoms with Gasteiger partial charge < -0.3 is 14.8 Å². The van der Waals surface area contributed by atoms with E-state index in [0.717, 1.165) is 51.0 Å². The first-order valence-corrected chi connectivity index (χ1v) is 14.2. The first-order valence-electron chi connectivity index (χ1n) is 14.2. The van der Waals surface area contributed by atoms with Gasteiger partial charge in [0.05, 0.1) is 30.0 Å². The highest BCUT2D eigenvalue weighted by Crippen LogP contribution is 2.37. The SMILES string of the molecule is CC(CCN1CCOCC1)Oc1nc(Nc2ccc(C(C)(C)C)cc2)c2ccc(-c3ncccc3C(F)(F)F)cc2n1.